The van der Waals surface area contributed by atoms with Crippen molar-refractivity contribution in [2.75, 3.05) is 5.75 Å². The molecule has 0 aromatic heterocycles. The van der Waals surface area contributed by atoms with Crippen LogP contribution in [0.4, 0.5) is 0 Å². The van der Waals surface area contributed by atoms with Gasteiger partial charge in [0.2, 0.25) is 0 Å². The second kappa shape index (κ2) is 5.80. The van der Waals surface area contributed by atoms with Crippen molar-refractivity contribution in [3.05, 3.63) is 28.2 Å². The van der Waals surface area contributed by atoms with Crippen LogP contribution in [0.25, 0.3) is 0 Å². The maximum absolute atomic E-state index is 11.8. The third kappa shape index (κ3) is 3.58. The number of ketones is 1. The molecule has 0 aliphatic carbocycles. The van der Waals surface area contributed by atoms with Gasteiger partial charge in [-0.1, -0.05) is 37.0 Å². The minimum absolute atomic E-state index is 0.0234. The third-order valence-electron chi connectivity index (χ3n) is 2.07. The molecule has 0 radical (unpaired) electrons. The van der Waals surface area contributed by atoms with E-state index in [0.29, 0.717) is 14.9 Å². The lowest BCUT2D eigenvalue weighted by atomic mass is 10.1. The second-order valence-corrected chi connectivity index (χ2v) is 5.95. The smallest absolute Gasteiger partial charge is 0.148 e. The van der Waals surface area contributed by atoms with E-state index in [9.17, 15) is 9.00 Å². The van der Waals surface area contributed by atoms with E-state index in [1.807, 2.05) is 0 Å². The topological polar surface area (TPSA) is 34.1 Å². The summed E-state index contributed by atoms with van der Waals surface area (Å²) in [5.41, 5.74) is 0. The van der Waals surface area contributed by atoms with E-state index in [0.717, 1.165) is 0 Å². The Kier molecular flexibility index (Phi) is 4.96. The number of hydrogen-bond donors (Lipinski definition) is 0. The van der Waals surface area contributed by atoms with Gasteiger partial charge in [0.05, 0.1) is 26.6 Å². The molecule has 0 aliphatic heterocycles. The molecule has 1 unspecified atom stereocenters. The van der Waals surface area contributed by atoms with Crippen molar-refractivity contribution in [3.8, 4) is 0 Å². The summed E-state index contributed by atoms with van der Waals surface area (Å²) >= 11 is 11.5. The summed E-state index contributed by atoms with van der Waals surface area (Å²) in [5.74, 6) is -0.105. The molecule has 0 N–H and O–H groups in total. The van der Waals surface area contributed by atoms with E-state index < -0.39 is 10.8 Å². The average Bonchev–Trinajstić information content (AvgIpc) is 2.21. The van der Waals surface area contributed by atoms with Crippen molar-refractivity contribution in [2.24, 2.45) is 5.92 Å². The molecule has 0 aliphatic rings. The first-order valence-electron chi connectivity index (χ1n) is 4.78. The molecule has 0 fully saturated rings. The molecule has 1 aromatic rings. The SMILES string of the molecule is CC(C)C(=O)CS(=O)c1ccc(Cl)c(Cl)c1. The summed E-state index contributed by atoms with van der Waals surface area (Å²) in [6.45, 7) is 3.57. The zero-order valence-corrected chi connectivity index (χ0v) is 11.3. The van der Waals surface area contributed by atoms with Gasteiger partial charge in [0.25, 0.3) is 0 Å². The predicted molar refractivity (Wildman–Crippen MR) is 67.6 cm³/mol. The van der Waals surface area contributed by atoms with Crippen LogP contribution < -0.4 is 0 Å². The van der Waals surface area contributed by atoms with Gasteiger partial charge in [-0.05, 0) is 18.2 Å². The minimum atomic E-state index is -1.35. The van der Waals surface area contributed by atoms with Crippen LogP contribution in [0.2, 0.25) is 10.0 Å². The summed E-state index contributed by atoms with van der Waals surface area (Å²) in [5, 5.41) is 0.766. The lowest BCUT2D eigenvalue weighted by Gasteiger charge is -2.05. The van der Waals surface area contributed by atoms with Crippen LogP contribution in [0.15, 0.2) is 23.1 Å². The van der Waals surface area contributed by atoms with Gasteiger partial charge in [0.15, 0.2) is 0 Å². The molecule has 0 heterocycles. The molecule has 0 saturated carbocycles. The second-order valence-electron chi connectivity index (χ2n) is 3.69. The predicted octanol–water partition coefficient (Wildman–Crippen LogP) is 3.33. The standard InChI is InChI=1S/C11H12Cl2O2S/c1-7(2)11(14)6-16(15)8-3-4-9(12)10(13)5-8/h3-5,7H,6H2,1-2H3. The fourth-order valence-electron chi connectivity index (χ4n) is 0.998. The molecular formula is C11H12Cl2O2S. The van der Waals surface area contributed by atoms with Crippen LogP contribution in [0, 0.1) is 5.92 Å². The van der Waals surface area contributed by atoms with Crippen molar-refractivity contribution in [1.29, 1.82) is 0 Å². The maximum atomic E-state index is 11.8. The van der Waals surface area contributed by atoms with Crippen LogP contribution >= 0.6 is 23.2 Å². The van der Waals surface area contributed by atoms with E-state index in [4.69, 9.17) is 23.2 Å². The van der Waals surface area contributed by atoms with Crippen LogP contribution in [-0.2, 0) is 15.6 Å². The lowest BCUT2D eigenvalue weighted by molar-refractivity contribution is -0.119. The Labute approximate surface area is 107 Å². The molecule has 5 heteroatoms. The summed E-state index contributed by atoms with van der Waals surface area (Å²) < 4.78 is 11.8. The van der Waals surface area contributed by atoms with E-state index in [-0.39, 0.29) is 17.5 Å². The summed E-state index contributed by atoms with van der Waals surface area (Å²) in [7, 11) is -1.35. The molecule has 1 aromatic carbocycles. The van der Waals surface area contributed by atoms with Gasteiger partial charge in [0, 0.05) is 10.8 Å². The zero-order chi connectivity index (χ0) is 12.3. The van der Waals surface area contributed by atoms with Crippen molar-refractivity contribution >= 4 is 39.8 Å². The Morgan fingerprint density at radius 1 is 1.31 bits per heavy atom. The normalized spacial score (nSPS) is 12.8. The highest BCUT2D eigenvalue weighted by molar-refractivity contribution is 7.85. The Bertz CT molecular complexity index is 430. The van der Waals surface area contributed by atoms with E-state index >= 15 is 0 Å². The van der Waals surface area contributed by atoms with Gasteiger partial charge in [-0.25, -0.2) is 0 Å². The first-order valence-corrected chi connectivity index (χ1v) is 6.85. The van der Waals surface area contributed by atoms with Crippen molar-refractivity contribution in [3.63, 3.8) is 0 Å². The number of hydrogen-bond acceptors (Lipinski definition) is 2. The van der Waals surface area contributed by atoms with Gasteiger partial charge < -0.3 is 0 Å². The van der Waals surface area contributed by atoms with E-state index in [1.54, 1.807) is 26.0 Å². The van der Waals surface area contributed by atoms with Gasteiger partial charge in [-0.2, -0.15) is 0 Å². The summed E-state index contributed by atoms with van der Waals surface area (Å²) in [6, 6.07) is 4.74. The van der Waals surface area contributed by atoms with Gasteiger partial charge in [-0.15, -0.1) is 0 Å². The molecule has 88 valence electrons. The number of Topliss-reactive ketones (excluding diaryl/α,β-unsaturated/α-hetero) is 1. The quantitative estimate of drug-likeness (QED) is 0.847. The van der Waals surface area contributed by atoms with Gasteiger partial charge in [0.1, 0.15) is 5.78 Å². The van der Waals surface area contributed by atoms with E-state index in [1.165, 1.54) is 6.07 Å². The zero-order valence-electron chi connectivity index (χ0n) is 9.00. The van der Waals surface area contributed by atoms with Crippen LogP contribution in [0.3, 0.4) is 0 Å². The molecule has 1 rings (SSSR count). The molecule has 0 bridgehead atoms. The largest absolute Gasteiger partial charge is 0.298 e. The van der Waals surface area contributed by atoms with Gasteiger partial charge >= 0.3 is 0 Å². The first-order chi connectivity index (χ1) is 7.41. The highest BCUT2D eigenvalue weighted by Crippen LogP contribution is 2.24. The summed E-state index contributed by atoms with van der Waals surface area (Å²) in [4.78, 5) is 12.0. The number of carbonyl (C=O) groups excluding carboxylic acids is 1. The Balaban J connectivity index is 2.81. The number of rotatable bonds is 4. The molecular weight excluding hydrogens is 267 g/mol. The van der Waals surface area contributed by atoms with Crippen LogP contribution in [0.5, 0.6) is 0 Å². The fraction of sp³-hybridized carbons (Fsp3) is 0.364. The highest BCUT2D eigenvalue weighted by atomic mass is 35.5. The maximum Gasteiger partial charge on any atom is 0.148 e. The minimum Gasteiger partial charge on any atom is -0.298 e. The number of halogens is 2. The molecule has 16 heavy (non-hydrogen) atoms. The molecule has 2 nitrogen and oxygen atoms in total. The monoisotopic (exact) mass is 278 g/mol. The Morgan fingerprint density at radius 2 is 1.94 bits per heavy atom. The van der Waals surface area contributed by atoms with Crippen molar-refractivity contribution in [2.45, 2.75) is 18.7 Å². The highest BCUT2D eigenvalue weighted by Gasteiger charge is 2.14. The molecule has 0 amide bonds. The van der Waals surface area contributed by atoms with E-state index in [2.05, 4.69) is 0 Å². The summed E-state index contributed by atoms with van der Waals surface area (Å²) in [6.07, 6.45) is 0. The van der Waals surface area contributed by atoms with Crippen LogP contribution in [0.1, 0.15) is 13.8 Å². The van der Waals surface area contributed by atoms with Crippen LogP contribution in [-0.4, -0.2) is 15.7 Å². The number of carbonyl (C=O) groups is 1. The third-order valence-corrected chi connectivity index (χ3v) is 4.14. The van der Waals surface area contributed by atoms with Crippen molar-refractivity contribution in [1.82, 2.24) is 0 Å². The number of benzene rings is 1. The van der Waals surface area contributed by atoms with Gasteiger partial charge in [-0.3, -0.25) is 9.00 Å². The van der Waals surface area contributed by atoms with Crippen molar-refractivity contribution < 1.29 is 9.00 Å². The lowest BCUT2D eigenvalue weighted by Crippen LogP contribution is -2.16. The average molecular weight is 279 g/mol. The molecule has 0 saturated heterocycles. The Morgan fingerprint density at radius 3 is 2.44 bits per heavy atom. The first kappa shape index (κ1) is 13.7. The Hall–Kier alpha value is -0.380. The fourth-order valence-corrected chi connectivity index (χ4v) is 2.59. The molecule has 0 spiro atoms. The molecule has 1 atom stereocenters.